The van der Waals surface area contributed by atoms with Crippen molar-refractivity contribution in [2.75, 3.05) is 6.61 Å². The number of carboxylic acids is 1. The van der Waals surface area contributed by atoms with E-state index in [1.54, 1.807) is 0 Å². The van der Waals surface area contributed by atoms with Crippen molar-refractivity contribution in [2.45, 2.75) is 129 Å². The summed E-state index contributed by atoms with van der Waals surface area (Å²) in [5.74, 6) is -2.67. The fourth-order valence-electron chi connectivity index (χ4n) is 4.55. The Labute approximate surface area is 219 Å². The van der Waals surface area contributed by atoms with Crippen molar-refractivity contribution in [1.29, 1.82) is 0 Å². The van der Waals surface area contributed by atoms with Gasteiger partial charge in [-0.05, 0) is 32.1 Å². The minimum atomic E-state index is -1.11. The predicted molar refractivity (Wildman–Crippen MR) is 125 cm³/mol. The third-order valence-corrected chi connectivity index (χ3v) is 6.54. The molecule has 1 fully saturated rings. The van der Waals surface area contributed by atoms with Gasteiger partial charge >= 0.3 is 35.5 Å². The zero-order valence-corrected chi connectivity index (χ0v) is 23.1. The molecule has 5 heteroatoms. The second-order valence-corrected chi connectivity index (χ2v) is 9.28. The van der Waals surface area contributed by atoms with Crippen LogP contribution in [0.4, 0.5) is 0 Å². The number of carbonyl (C=O) groups is 2. The van der Waals surface area contributed by atoms with Crippen LogP contribution in [0.15, 0.2) is 12.2 Å². The smallest absolute Gasteiger partial charge is 0.550 e. The van der Waals surface area contributed by atoms with Gasteiger partial charge in [0.05, 0.1) is 12.5 Å². The van der Waals surface area contributed by atoms with Crippen LogP contribution in [0.3, 0.4) is 0 Å². The minimum absolute atomic E-state index is 0. The molecule has 0 aromatic rings. The molecule has 0 radical (unpaired) electrons. The molecular weight excluding hydrogens is 411 g/mol. The minimum Gasteiger partial charge on any atom is -0.550 e. The quantitative estimate of drug-likeness (QED) is 0.129. The number of unbranched alkanes of at least 4 members (excludes halogenated alkanes) is 13. The number of allylic oxidation sites excluding steroid dienone is 1. The molecule has 1 aliphatic rings. The summed E-state index contributed by atoms with van der Waals surface area (Å²) in [6.07, 6.45) is 26.7. The topological polar surface area (TPSA) is 66.4 Å². The Kier molecular flexibility index (Phi) is 22.2. The summed E-state index contributed by atoms with van der Waals surface area (Å²) in [4.78, 5) is 23.3. The van der Waals surface area contributed by atoms with Gasteiger partial charge in [-0.15, -0.1) is 0 Å². The second-order valence-electron chi connectivity index (χ2n) is 9.28. The Morgan fingerprint density at radius 3 is 1.75 bits per heavy atom. The summed E-state index contributed by atoms with van der Waals surface area (Å²) in [6, 6.07) is 0. The number of rotatable bonds is 19. The number of carbonyl (C=O) groups excluding carboxylic acids is 2. The van der Waals surface area contributed by atoms with E-state index in [9.17, 15) is 14.7 Å². The first kappa shape index (κ1) is 31.7. The van der Waals surface area contributed by atoms with Gasteiger partial charge in [0, 0.05) is 11.9 Å². The van der Waals surface area contributed by atoms with Crippen LogP contribution in [0.2, 0.25) is 0 Å². The normalized spacial score (nSPS) is 18.4. The van der Waals surface area contributed by atoms with Crippen LogP contribution in [-0.4, -0.2) is 18.5 Å². The van der Waals surface area contributed by atoms with Crippen LogP contribution in [-0.2, 0) is 14.3 Å². The average molecular weight is 459 g/mol. The summed E-state index contributed by atoms with van der Waals surface area (Å²) >= 11 is 0. The zero-order chi connectivity index (χ0) is 22.6. The van der Waals surface area contributed by atoms with Crippen molar-refractivity contribution in [3.05, 3.63) is 12.2 Å². The Balaban J connectivity index is 0.00000961. The van der Waals surface area contributed by atoms with Crippen molar-refractivity contribution in [1.82, 2.24) is 0 Å². The first-order valence-corrected chi connectivity index (χ1v) is 13.2. The van der Waals surface area contributed by atoms with Crippen LogP contribution in [0.1, 0.15) is 129 Å². The SMILES string of the molecule is CCCCCCCCCCCCCCC/C=C/CCOC(=O)C1CCCCC1C(=O)[O-].[Na+]. The third kappa shape index (κ3) is 16.3. The van der Waals surface area contributed by atoms with Crippen LogP contribution < -0.4 is 34.7 Å². The Bertz CT molecular complexity index is 492. The largest absolute Gasteiger partial charge is 1.00 e. The average Bonchev–Trinajstić information content (AvgIpc) is 2.78. The molecule has 0 bridgehead atoms. The van der Waals surface area contributed by atoms with E-state index in [0.717, 1.165) is 19.3 Å². The number of carboxylic acid groups (broad SMARTS) is 1. The number of ether oxygens (including phenoxy) is 1. The van der Waals surface area contributed by atoms with Gasteiger partial charge in [-0.25, -0.2) is 0 Å². The van der Waals surface area contributed by atoms with Gasteiger partial charge in [0.15, 0.2) is 0 Å². The molecular formula is C27H47NaO4. The van der Waals surface area contributed by atoms with Gasteiger partial charge in [-0.3, -0.25) is 4.79 Å². The van der Waals surface area contributed by atoms with Crippen LogP contribution in [0.5, 0.6) is 0 Å². The molecule has 0 aliphatic heterocycles. The molecule has 1 saturated carbocycles. The van der Waals surface area contributed by atoms with Crippen molar-refractivity contribution < 1.29 is 49.0 Å². The molecule has 0 amide bonds. The molecule has 0 aromatic carbocycles. The Morgan fingerprint density at radius 1 is 0.750 bits per heavy atom. The Hall–Kier alpha value is -0.320. The van der Waals surface area contributed by atoms with Crippen molar-refractivity contribution in [3.63, 3.8) is 0 Å². The van der Waals surface area contributed by atoms with Crippen LogP contribution in [0, 0.1) is 11.8 Å². The number of hydrogen-bond acceptors (Lipinski definition) is 4. The van der Waals surface area contributed by atoms with Crippen LogP contribution >= 0.6 is 0 Å². The molecule has 1 rings (SSSR count). The molecule has 0 heterocycles. The maximum atomic E-state index is 12.1. The fraction of sp³-hybridized carbons (Fsp3) is 0.852. The molecule has 0 N–H and O–H groups in total. The number of hydrogen-bond donors (Lipinski definition) is 0. The van der Waals surface area contributed by atoms with E-state index in [1.165, 1.54) is 83.5 Å². The summed E-state index contributed by atoms with van der Waals surface area (Å²) < 4.78 is 5.30. The van der Waals surface area contributed by atoms with Crippen molar-refractivity contribution in [2.24, 2.45) is 11.8 Å². The Morgan fingerprint density at radius 2 is 1.22 bits per heavy atom. The molecule has 180 valence electrons. The molecule has 32 heavy (non-hydrogen) atoms. The maximum Gasteiger partial charge on any atom is 1.00 e. The molecule has 0 aromatic heterocycles. The van der Waals surface area contributed by atoms with E-state index in [4.69, 9.17) is 4.74 Å². The summed E-state index contributed by atoms with van der Waals surface area (Å²) in [6.45, 7) is 2.61. The first-order valence-electron chi connectivity index (χ1n) is 13.2. The van der Waals surface area contributed by atoms with Gasteiger partial charge in [0.1, 0.15) is 0 Å². The molecule has 2 unspecified atom stereocenters. The maximum absolute atomic E-state index is 12.1. The molecule has 0 spiro atoms. The summed E-state index contributed by atoms with van der Waals surface area (Å²) in [5, 5.41) is 11.2. The van der Waals surface area contributed by atoms with Gasteiger partial charge in [-0.1, -0.05) is 109 Å². The van der Waals surface area contributed by atoms with E-state index in [-0.39, 0.29) is 35.5 Å². The molecule has 4 nitrogen and oxygen atoms in total. The molecule has 0 saturated heterocycles. The number of aliphatic carboxylic acids is 1. The van der Waals surface area contributed by atoms with E-state index in [2.05, 4.69) is 19.1 Å². The third-order valence-electron chi connectivity index (χ3n) is 6.54. The second kappa shape index (κ2) is 22.5. The fourth-order valence-corrected chi connectivity index (χ4v) is 4.55. The van der Waals surface area contributed by atoms with Crippen molar-refractivity contribution in [3.8, 4) is 0 Å². The van der Waals surface area contributed by atoms with E-state index >= 15 is 0 Å². The molecule has 1 aliphatic carbocycles. The van der Waals surface area contributed by atoms with Gasteiger partial charge in [-0.2, -0.15) is 0 Å². The van der Waals surface area contributed by atoms with Gasteiger partial charge < -0.3 is 14.6 Å². The van der Waals surface area contributed by atoms with E-state index < -0.39 is 17.8 Å². The first-order chi connectivity index (χ1) is 15.2. The van der Waals surface area contributed by atoms with Crippen molar-refractivity contribution >= 4 is 11.9 Å². The monoisotopic (exact) mass is 458 g/mol. The number of esters is 1. The van der Waals surface area contributed by atoms with E-state index in [1.807, 2.05) is 0 Å². The van der Waals surface area contributed by atoms with Crippen LogP contribution in [0.25, 0.3) is 0 Å². The van der Waals surface area contributed by atoms with Gasteiger partial charge in [0.25, 0.3) is 0 Å². The summed E-state index contributed by atoms with van der Waals surface area (Å²) in [5.41, 5.74) is 0. The zero-order valence-electron chi connectivity index (χ0n) is 21.1. The standard InChI is InChI=1S/C27H48O4.Na/c1-2-3-4-5-6-7-8-9-10-11-12-13-14-15-16-17-20-23-31-27(30)25-22-19-18-21-24(25)26(28)29;/h16-17,24-25H,2-15,18-23H2,1H3,(H,28,29);/q;+1/p-1/b17-16+;. The summed E-state index contributed by atoms with van der Waals surface area (Å²) in [7, 11) is 0. The van der Waals surface area contributed by atoms with E-state index in [0.29, 0.717) is 25.9 Å². The molecule has 2 atom stereocenters. The predicted octanol–water partition coefficient (Wildman–Crippen LogP) is 3.52. The van der Waals surface area contributed by atoms with Gasteiger partial charge in [0.2, 0.25) is 0 Å².